The van der Waals surface area contributed by atoms with Crippen LogP contribution in [0.25, 0.3) is 0 Å². The molecule has 0 aromatic rings. The highest BCUT2D eigenvalue weighted by Crippen LogP contribution is 2.21. The fourth-order valence-electron chi connectivity index (χ4n) is 0.576. The quantitative estimate of drug-likeness (QED) is 0.647. The average molecular weight is 174 g/mol. The van der Waals surface area contributed by atoms with Gasteiger partial charge in [-0.05, 0) is 13.3 Å². The van der Waals surface area contributed by atoms with Gasteiger partial charge in [-0.15, -0.1) is 0 Å². The van der Waals surface area contributed by atoms with Gasteiger partial charge in [0.15, 0.2) is 0 Å². The third-order valence-electron chi connectivity index (χ3n) is 1.89. The van der Waals surface area contributed by atoms with Gasteiger partial charge in [-0.1, -0.05) is 6.92 Å². The molecule has 0 aromatic heterocycles. The van der Waals surface area contributed by atoms with Crippen molar-refractivity contribution in [3.63, 3.8) is 0 Å². The molecular weight excluding hydrogens is 160 g/mol. The summed E-state index contributed by atoms with van der Waals surface area (Å²) < 4.78 is 4.64. The van der Waals surface area contributed by atoms with Crippen LogP contribution in [0.15, 0.2) is 0 Å². The van der Waals surface area contributed by atoms with Crippen molar-refractivity contribution in [1.82, 2.24) is 0 Å². The van der Waals surface area contributed by atoms with Crippen LogP contribution in [-0.4, -0.2) is 23.7 Å². The van der Waals surface area contributed by atoms with E-state index >= 15 is 0 Å². The Morgan fingerprint density at radius 3 is 2.25 bits per heavy atom. The zero-order valence-electron chi connectivity index (χ0n) is 7.59. The van der Waals surface area contributed by atoms with Gasteiger partial charge in [0, 0.05) is 6.92 Å². The molecule has 0 spiro atoms. The molecule has 0 aliphatic rings. The van der Waals surface area contributed by atoms with E-state index in [1.54, 1.807) is 13.8 Å². The van der Waals surface area contributed by atoms with Gasteiger partial charge < -0.3 is 9.84 Å². The molecule has 0 heterocycles. The zero-order valence-corrected chi connectivity index (χ0v) is 7.59. The van der Waals surface area contributed by atoms with Crippen LogP contribution >= 0.6 is 0 Å². The number of hydrogen-bond donors (Lipinski definition) is 1. The fraction of sp³-hybridized carbons (Fsp3) is 0.750. The van der Waals surface area contributed by atoms with Crippen molar-refractivity contribution in [3.8, 4) is 0 Å². The highest BCUT2D eigenvalue weighted by Gasteiger charge is 2.32. The number of esters is 1. The predicted molar refractivity (Wildman–Crippen MR) is 42.7 cm³/mol. The summed E-state index contributed by atoms with van der Waals surface area (Å²) in [5.41, 5.74) is -0.953. The molecule has 0 saturated heterocycles. The molecule has 0 bridgehead atoms. The Hall–Kier alpha value is -1.06. The Bertz CT molecular complexity index is 187. The lowest BCUT2D eigenvalue weighted by atomic mass is 9.89. The molecule has 0 aliphatic heterocycles. The standard InChI is InChI=1S/C8H14O4/c1-4-8(3,7(10)11)5-12-6(2)9/h4-5H2,1-3H3,(H,10,11)/t8-/m0/s1. The lowest BCUT2D eigenvalue weighted by Crippen LogP contribution is -2.32. The molecule has 1 atom stereocenters. The molecule has 0 radical (unpaired) electrons. The SMILES string of the molecule is CC[C@@](C)(COC(C)=O)C(=O)O. The third-order valence-corrected chi connectivity index (χ3v) is 1.89. The lowest BCUT2D eigenvalue weighted by molar-refractivity contribution is -0.157. The molecule has 0 saturated carbocycles. The molecule has 0 aliphatic carbocycles. The van der Waals surface area contributed by atoms with Crippen molar-refractivity contribution < 1.29 is 19.4 Å². The first-order valence-electron chi connectivity index (χ1n) is 3.79. The second-order valence-electron chi connectivity index (χ2n) is 3.00. The summed E-state index contributed by atoms with van der Waals surface area (Å²) in [7, 11) is 0. The normalized spacial score (nSPS) is 14.9. The number of carboxylic acid groups (broad SMARTS) is 1. The van der Waals surface area contributed by atoms with E-state index in [1.165, 1.54) is 6.92 Å². The minimum atomic E-state index is -0.953. The number of aliphatic carboxylic acids is 1. The van der Waals surface area contributed by atoms with Gasteiger partial charge in [0.25, 0.3) is 0 Å². The fourth-order valence-corrected chi connectivity index (χ4v) is 0.576. The maximum absolute atomic E-state index is 10.7. The summed E-state index contributed by atoms with van der Waals surface area (Å²) in [4.78, 5) is 21.1. The van der Waals surface area contributed by atoms with Crippen molar-refractivity contribution in [1.29, 1.82) is 0 Å². The van der Waals surface area contributed by atoms with Crippen molar-refractivity contribution in [2.45, 2.75) is 27.2 Å². The van der Waals surface area contributed by atoms with Crippen molar-refractivity contribution in [2.24, 2.45) is 5.41 Å². The molecule has 4 heteroatoms. The van der Waals surface area contributed by atoms with Crippen LogP contribution in [0, 0.1) is 5.41 Å². The zero-order chi connectivity index (χ0) is 9.78. The predicted octanol–water partition coefficient (Wildman–Crippen LogP) is 1.05. The van der Waals surface area contributed by atoms with Gasteiger partial charge in [-0.2, -0.15) is 0 Å². The van der Waals surface area contributed by atoms with Gasteiger partial charge >= 0.3 is 11.9 Å². The Kier molecular flexibility index (Phi) is 3.73. The Labute approximate surface area is 71.5 Å². The van der Waals surface area contributed by atoms with Crippen molar-refractivity contribution in [3.05, 3.63) is 0 Å². The highest BCUT2D eigenvalue weighted by molar-refractivity contribution is 5.75. The van der Waals surface area contributed by atoms with E-state index in [0.717, 1.165) is 0 Å². The summed E-state index contributed by atoms with van der Waals surface area (Å²) in [6.07, 6.45) is 0.440. The van der Waals surface area contributed by atoms with Crippen LogP contribution < -0.4 is 0 Å². The number of carbonyl (C=O) groups excluding carboxylic acids is 1. The van der Waals surface area contributed by atoms with Crippen LogP contribution in [0.1, 0.15) is 27.2 Å². The number of rotatable bonds is 4. The van der Waals surface area contributed by atoms with Gasteiger partial charge in [-0.3, -0.25) is 9.59 Å². The monoisotopic (exact) mass is 174 g/mol. The summed E-state index contributed by atoms with van der Waals surface area (Å²) in [6.45, 7) is 4.50. The largest absolute Gasteiger partial charge is 0.481 e. The van der Waals surface area contributed by atoms with Gasteiger partial charge in [0.1, 0.15) is 6.61 Å². The van der Waals surface area contributed by atoms with Crippen LogP contribution in [0.5, 0.6) is 0 Å². The Morgan fingerprint density at radius 1 is 1.50 bits per heavy atom. The Morgan fingerprint density at radius 2 is 2.00 bits per heavy atom. The first-order chi connectivity index (χ1) is 5.42. The minimum absolute atomic E-state index is 0.0613. The second-order valence-corrected chi connectivity index (χ2v) is 3.00. The third kappa shape index (κ3) is 2.90. The summed E-state index contributed by atoms with van der Waals surface area (Å²) >= 11 is 0. The molecule has 0 amide bonds. The molecule has 0 rings (SSSR count). The molecule has 0 fully saturated rings. The van der Waals surface area contributed by atoms with E-state index in [0.29, 0.717) is 6.42 Å². The first kappa shape index (κ1) is 10.9. The first-order valence-corrected chi connectivity index (χ1v) is 3.79. The van der Waals surface area contributed by atoms with Crippen molar-refractivity contribution in [2.75, 3.05) is 6.61 Å². The van der Waals surface area contributed by atoms with Crippen molar-refractivity contribution >= 4 is 11.9 Å². The van der Waals surface area contributed by atoms with Crippen LogP contribution in [0.4, 0.5) is 0 Å². The van der Waals surface area contributed by atoms with Gasteiger partial charge in [0.2, 0.25) is 0 Å². The maximum atomic E-state index is 10.7. The van der Waals surface area contributed by atoms with E-state index < -0.39 is 17.4 Å². The lowest BCUT2D eigenvalue weighted by Gasteiger charge is -2.21. The molecule has 70 valence electrons. The van der Waals surface area contributed by atoms with Gasteiger partial charge in [-0.25, -0.2) is 0 Å². The minimum Gasteiger partial charge on any atom is -0.481 e. The molecule has 12 heavy (non-hydrogen) atoms. The van der Waals surface area contributed by atoms with Crippen LogP contribution in [-0.2, 0) is 14.3 Å². The highest BCUT2D eigenvalue weighted by atomic mass is 16.5. The van der Waals surface area contributed by atoms with Crippen LogP contribution in [0.3, 0.4) is 0 Å². The smallest absolute Gasteiger partial charge is 0.312 e. The summed E-state index contributed by atoms with van der Waals surface area (Å²) in [5.74, 6) is -1.39. The second kappa shape index (κ2) is 4.09. The van der Waals surface area contributed by atoms with Gasteiger partial charge in [0.05, 0.1) is 5.41 Å². The molecule has 0 aromatic carbocycles. The van der Waals surface area contributed by atoms with E-state index in [4.69, 9.17) is 5.11 Å². The van der Waals surface area contributed by atoms with Crippen LogP contribution in [0.2, 0.25) is 0 Å². The van der Waals surface area contributed by atoms with E-state index in [1.807, 2.05) is 0 Å². The topological polar surface area (TPSA) is 63.6 Å². The van der Waals surface area contributed by atoms with E-state index in [9.17, 15) is 9.59 Å². The molecule has 0 unspecified atom stereocenters. The number of hydrogen-bond acceptors (Lipinski definition) is 3. The summed E-state index contributed by atoms with van der Waals surface area (Å²) in [6, 6.07) is 0. The molecule has 4 nitrogen and oxygen atoms in total. The van der Waals surface area contributed by atoms with E-state index in [-0.39, 0.29) is 6.61 Å². The Balaban J connectivity index is 4.15. The summed E-state index contributed by atoms with van der Waals surface area (Å²) in [5, 5.41) is 8.75. The average Bonchev–Trinajstić information content (AvgIpc) is 1.99. The number of carbonyl (C=O) groups is 2. The number of carboxylic acids is 1. The number of ether oxygens (including phenoxy) is 1. The molecule has 1 N–H and O–H groups in total. The van der Waals surface area contributed by atoms with E-state index in [2.05, 4.69) is 4.74 Å². The molecular formula is C8H14O4. The maximum Gasteiger partial charge on any atom is 0.312 e.